The van der Waals surface area contributed by atoms with E-state index in [4.69, 9.17) is 0 Å². The largest absolute Gasteiger partial charge is 0.368 e. The summed E-state index contributed by atoms with van der Waals surface area (Å²) in [5, 5.41) is 6.52. The van der Waals surface area contributed by atoms with Gasteiger partial charge in [-0.15, -0.1) is 11.3 Å². The van der Waals surface area contributed by atoms with Crippen molar-refractivity contribution in [2.24, 2.45) is 0 Å². The van der Waals surface area contributed by atoms with Gasteiger partial charge in [0.15, 0.2) is 5.01 Å². The van der Waals surface area contributed by atoms with E-state index in [2.05, 4.69) is 30.6 Å². The molecule has 136 valence electrons. The molecule has 0 aliphatic carbocycles. The number of rotatable bonds is 6. The molecular weight excluding hydrogens is 362 g/mol. The van der Waals surface area contributed by atoms with Gasteiger partial charge in [0.05, 0.1) is 10.2 Å². The van der Waals surface area contributed by atoms with Crippen molar-refractivity contribution in [1.29, 1.82) is 0 Å². The molecule has 4 aromatic rings. The van der Waals surface area contributed by atoms with Gasteiger partial charge < -0.3 is 10.6 Å². The number of carbonyl (C=O) groups excluding carboxylic acids is 1. The van der Waals surface area contributed by atoms with Gasteiger partial charge >= 0.3 is 0 Å². The number of aryl methyl sites for hydroxylation is 1. The molecule has 0 aliphatic rings. The SMILES string of the molecule is Cc1nccn1-c1cc(NCCNC(=O)c2nc3ccccc3s2)ncn1. The molecule has 0 unspecified atom stereocenters. The maximum absolute atomic E-state index is 12.2. The predicted octanol–water partition coefficient (Wildman–Crippen LogP) is 2.42. The number of fused-ring (bicyclic) bond motifs is 1. The summed E-state index contributed by atoms with van der Waals surface area (Å²) in [5.41, 5.74) is 0.842. The molecule has 1 aromatic carbocycles. The van der Waals surface area contributed by atoms with Crippen LogP contribution >= 0.6 is 11.3 Å². The highest BCUT2D eigenvalue weighted by Crippen LogP contribution is 2.21. The van der Waals surface area contributed by atoms with E-state index in [1.807, 2.05) is 48.0 Å². The molecule has 0 radical (unpaired) electrons. The first kappa shape index (κ1) is 17.1. The van der Waals surface area contributed by atoms with Crippen molar-refractivity contribution in [3.05, 3.63) is 59.9 Å². The van der Waals surface area contributed by atoms with Crippen LogP contribution in [0.5, 0.6) is 0 Å². The second-order valence-electron chi connectivity index (χ2n) is 5.78. The number of anilines is 1. The lowest BCUT2D eigenvalue weighted by Gasteiger charge is -2.08. The molecule has 0 saturated heterocycles. The number of hydrogen-bond donors (Lipinski definition) is 2. The molecule has 8 nitrogen and oxygen atoms in total. The topological polar surface area (TPSA) is 97.6 Å². The fraction of sp³-hybridized carbons (Fsp3) is 0.167. The Bertz CT molecular complexity index is 1050. The van der Waals surface area contributed by atoms with Crippen LogP contribution in [0, 0.1) is 6.92 Å². The zero-order chi connectivity index (χ0) is 18.6. The number of amides is 1. The smallest absolute Gasteiger partial charge is 0.280 e. The predicted molar refractivity (Wildman–Crippen MR) is 104 cm³/mol. The highest BCUT2D eigenvalue weighted by molar-refractivity contribution is 7.20. The molecule has 0 saturated carbocycles. The quantitative estimate of drug-likeness (QED) is 0.499. The van der Waals surface area contributed by atoms with Gasteiger partial charge in [0.2, 0.25) is 0 Å². The van der Waals surface area contributed by atoms with Gasteiger partial charge in [-0.2, -0.15) is 0 Å². The third kappa shape index (κ3) is 3.77. The first-order valence-corrected chi connectivity index (χ1v) is 9.22. The minimum Gasteiger partial charge on any atom is -0.368 e. The molecule has 27 heavy (non-hydrogen) atoms. The molecule has 3 heterocycles. The second-order valence-corrected chi connectivity index (χ2v) is 6.81. The Morgan fingerprint density at radius 2 is 2.07 bits per heavy atom. The van der Waals surface area contributed by atoms with Crippen LogP contribution < -0.4 is 10.6 Å². The van der Waals surface area contributed by atoms with Gasteiger partial charge in [-0.1, -0.05) is 12.1 Å². The summed E-state index contributed by atoms with van der Waals surface area (Å²) in [5.74, 6) is 2.10. The number of imidazole rings is 1. The number of nitrogens with one attached hydrogen (secondary N) is 2. The van der Waals surface area contributed by atoms with Crippen molar-refractivity contribution < 1.29 is 4.79 Å². The van der Waals surface area contributed by atoms with Gasteiger partial charge in [-0.25, -0.2) is 19.9 Å². The molecule has 1 amide bonds. The lowest BCUT2D eigenvalue weighted by Crippen LogP contribution is -2.28. The number of aromatic nitrogens is 5. The van der Waals surface area contributed by atoms with Crippen molar-refractivity contribution in [2.75, 3.05) is 18.4 Å². The number of carbonyl (C=O) groups is 1. The summed E-state index contributed by atoms with van der Waals surface area (Å²) in [6.45, 7) is 2.90. The third-order valence-corrected chi connectivity index (χ3v) is 4.97. The van der Waals surface area contributed by atoms with Crippen LogP contribution in [0.2, 0.25) is 0 Å². The average molecular weight is 379 g/mol. The van der Waals surface area contributed by atoms with Crippen LogP contribution in [0.4, 0.5) is 5.82 Å². The van der Waals surface area contributed by atoms with Crippen molar-refractivity contribution in [1.82, 2.24) is 29.8 Å². The van der Waals surface area contributed by atoms with E-state index < -0.39 is 0 Å². The normalized spacial score (nSPS) is 10.9. The summed E-state index contributed by atoms with van der Waals surface area (Å²) >= 11 is 1.39. The third-order valence-electron chi connectivity index (χ3n) is 3.93. The number of thiazole rings is 1. The van der Waals surface area contributed by atoms with Crippen molar-refractivity contribution in [3.8, 4) is 5.82 Å². The molecule has 4 rings (SSSR count). The van der Waals surface area contributed by atoms with Crippen molar-refractivity contribution in [3.63, 3.8) is 0 Å². The summed E-state index contributed by atoms with van der Waals surface area (Å²) in [7, 11) is 0. The number of para-hydroxylation sites is 1. The van der Waals surface area contributed by atoms with E-state index in [9.17, 15) is 4.79 Å². The molecule has 0 aliphatic heterocycles. The number of nitrogens with zero attached hydrogens (tertiary/aromatic N) is 5. The highest BCUT2D eigenvalue weighted by atomic mass is 32.1. The van der Waals surface area contributed by atoms with Crippen molar-refractivity contribution >= 4 is 33.3 Å². The minimum atomic E-state index is -0.171. The van der Waals surface area contributed by atoms with Crippen molar-refractivity contribution in [2.45, 2.75) is 6.92 Å². The van der Waals surface area contributed by atoms with Gasteiger partial charge in [-0.05, 0) is 19.1 Å². The van der Waals surface area contributed by atoms with Gasteiger partial charge in [0.1, 0.15) is 23.8 Å². The Morgan fingerprint density at radius 1 is 1.19 bits per heavy atom. The van der Waals surface area contributed by atoms with Gasteiger partial charge in [-0.3, -0.25) is 9.36 Å². The van der Waals surface area contributed by atoms with E-state index >= 15 is 0 Å². The van der Waals surface area contributed by atoms with Crippen LogP contribution in [-0.2, 0) is 0 Å². The number of hydrogen-bond acceptors (Lipinski definition) is 7. The zero-order valence-corrected chi connectivity index (χ0v) is 15.4. The number of benzene rings is 1. The average Bonchev–Trinajstić information content (AvgIpc) is 3.31. The summed E-state index contributed by atoms with van der Waals surface area (Å²) < 4.78 is 2.88. The molecule has 0 spiro atoms. The minimum absolute atomic E-state index is 0.171. The van der Waals surface area contributed by atoms with Crippen LogP contribution in [0.25, 0.3) is 16.0 Å². The van der Waals surface area contributed by atoms with E-state index in [1.165, 1.54) is 17.7 Å². The van der Waals surface area contributed by atoms with Crippen LogP contribution in [0.3, 0.4) is 0 Å². The van der Waals surface area contributed by atoms with Gasteiger partial charge in [0.25, 0.3) is 5.91 Å². The molecule has 2 N–H and O–H groups in total. The molecule has 0 atom stereocenters. The van der Waals surface area contributed by atoms with Crippen LogP contribution in [0.15, 0.2) is 49.1 Å². The molecule has 9 heteroatoms. The Kier molecular flexibility index (Phi) is 4.75. The zero-order valence-electron chi connectivity index (χ0n) is 14.6. The van der Waals surface area contributed by atoms with Gasteiger partial charge in [0, 0.05) is 31.5 Å². The lowest BCUT2D eigenvalue weighted by atomic mass is 10.3. The standard InChI is InChI=1S/C18H17N7OS/c1-12-19-8-9-25(12)16-10-15(22-11-23-16)20-6-7-21-17(26)18-24-13-4-2-3-5-14(13)27-18/h2-5,8-11H,6-7H2,1H3,(H,21,26)(H,20,22,23). The Morgan fingerprint density at radius 3 is 2.89 bits per heavy atom. The maximum Gasteiger partial charge on any atom is 0.280 e. The summed E-state index contributed by atoms with van der Waals surface area (Å²) in [6, 6.07) is 9.55. The molecule has 3 aromatic heterocycles. The van der Waals surface area contributed by atoms with E-state index in [-0.39, 0.29) is 5.91 Å². The second kappa shape index (κ2) is 7.50. The Balaban J connectivity index is 1.32. The molecule has 0 fully saturated rings. The summed E-state index contributed by atoms with van der Waals surface area (Å²) in [6.07, 6.45) is 5.07. The lowest BCUT2D eigenvalue weighted by molar-refractivity contribution is 0.0955. The Labute approximate surface area is 159 Å². The monoisotopic (exact) mass is 379 g/mol. The fourth-order valence-corrected chi connectivity index (χ4v) is 3.49. The Hall–Kier alpha value is -3.33. The van der Waals surface area contributed by atoms with E-state index in [0.29, 0.717) is 23.9 Å². The molecule has 0 bridgehead atoms. The van der Waals surface area contributed by atoms with E-state index in [0.717, 1.165) is 21.9 Å². The van der Waals surface area contributed by atoms with E-state index in [1.54, 1.807) is 6.20 Å². The maximum atomic E-state index is 12.2. The first-order valence-electron chi connectivity index (χ1n) is 8.41. The summed E-state index contributed by atoms with van der Waals surface area (Å²) in [4.78, 5) is 29.3. The van der Waals surface area contributed by atoms with Crippen LogP contribution in [0.1, 0.15) is 15.6 Å². The molecular formula is C18H17N7OS. The highest BCUT2D eigenvalue weighted by Gasteiger charge is 2.11. The fourth-order valence-electron chi connectivity index (χ4n) is 2.61. The van der Waals surface area contributed by atoms with Crippen LogP contribution in [-0.4, -0.2) is 43.5 Å². The first-order chi connectivity index (χ1) is 13.2.